The summed E-state index contributed by atoms with van der Waals surface area (Å²) in [6.07, 6.45) is 1.35. The Labute approximate surface area is 121 Å². The maximum atomic E-state index is 12.0. The highest BCUT2D eigenvalue weighted by Gasteiger charge is 2.60. The van der Waals surface area contributed by atoms with Gasteiger partial charge in [0.1, 0.15) is 5.92 Å². The standard InChI is InChI=1S/C14H16O7/c1-19-11(16)10-8-6-14(12(17)20-2,13(18)21-3)5-7(8)4-9(10)15/h4,8,10H,5-6H2,1-3H3/t8-,10+/m1/s1. The Morgan fingerprint density at radius 2 is 1.67 bits per heavy atom. The van der Waals surface area contributed by atoms with Gasteiger partial charge >= 0.3 is 17.9 Å². The lowest BCUT2D eigenvalue weighted by molar-refractivity contribution is -0.169. The Kier molecular flexibility index (Phi) is 3.85. The van der Waals surface area contributed by atoms with Crippen molar-refractivity contribution in [1.82, 2.24) is 0 Å². The normalized spacial score (nSPS) is 25.9. The predicted octanol–water partition coefficient (Wildman–Crippen LogP) is 0.0271. The molecule has 0 aromatic heterocycles. The minimum atomic E-state index is -1.49. The molecule has 0 aromatic carbocycles. The van der Waals surface area contributed by atoms with E-state index in [9.17, 15) is 19.2 Å². The molecule has 0 bridgehead atoms. The van der Waals surface area contributed by atoms with Gasteiger partial charge in [-0.25, -0.2) is 0 Å². The van der Waals surface area contributed by atoms with Crippen molar-refractivity contribution in [1.29, 1.82) is 0 Å². The highest BCUT2D eigenvalue weighted by atomic mass is 16.5. The first-order chi connectivity index (χ1) is 9.91. The molecule has 0 heterocycles. The number of ether oxygens (including phenoxy) is 3. The van der Waals surface area contributed by atoms with Crippen molar-refractivity contribution in [3.63, 3.8) is 0 Å². The largest absolute Gasteiger partial charge is 0.468 e. The summed E-state index contributed by atoms with van der Waals surface area (Å²) in [7, 11) is 3.55. The number of hydrogen-bond donors (Lipinski definition) is 0. The van der Waals surface area contributed by atoms with Crippen LogP contribution in [0.5, 0.6) is 0 Å². The lowest BCUT2D eigenvalue weighted by Crippen LogP contribution is -2.40. The first kappa shape index (κ1) is 15.2. The van der Waals surface area contributed by atoms with E-state index in [-0.39, 0.29) is 18.6 Å². The van der Waals surface area contributed by atoms with E-state index >= 15 is 0 Å². The molecule has 1 fully saturated rings. The van der Waals surface area contributed by atoms with Crippen LogP contribution < -0.4 is 0 Å². The first-order valence-electron chi connectivity index (χ1n) is 6.40. The zero-order valence-corrected chi connectivity index (χ0v) is 12.0. The zero-order valence-electron chi connectivity index (χ0n) is 12.0. The van der Waals surface area contributed by atoms with Gasteiger partial charge in [0.2, 0.25) is 0 Å². The second kappa shape index (κ2) is 5.31. The minimum absolute atomic E-state index is 0.00366. The Morgan fingerprint density at radius 1 is 1.10 bits per heavy atom. The Hall–Kier alpha value is -2.18. The average Bonchev–Trinajstić information content (AvgIpc) is 2.98. The van der Waals surface area contributed by atoms with E-state index in [0.717, 1.165) is 0 Å². The molecule has 0 amide bonds. The molecular formula is C14H16O7. The summed E-state index contributed by atoms with van der Waals surface area (Å²) >= 11 is 0. The summed E-state index contributed by atoms with van der Waals surface area (Å²) in [6.45, 7) is 0. The van der Waals surface area contributed by atoms with Crippen molar-refractivity contribution >= 4 is 23.7 Å². The number of fused-ring (bicyclic) bond motifs is 1. The average molecular weight is 296 g/mol. The maximum Gasteiger partial charge on any atom is 0.323 e. The van der Waals surface area contributed by atoms with E-state index in [2.05, 4.69) is 4.74 Å². The Balaban J connectivity index is 2.39. The predicted molar refractivity (Wildman–Crippen MR) is 67.8 cm³/mol. The van der Waals surface area contributed by atoms with Crippen LogP contribution in [-0.2, 0) is 33.4 Å². The topological polar surface area (TPSA) is 96.0 Å². The molecule has 0 unspecified atom stereocenters. The molecule has 0 spiro atoms. The fourth-order valence-corrected chi connectivity index (χ4v) is 3.21. The van der Waals surface area contributed by atoms with Crippen molar-refractivity contribution in [2.75, 3.05) is 21.3 Å². The van der Waals surface area contributed by atoms with Crippen molar-refractivity contribution in [3.8, 4) is 0 Å². The van der Waals surface area contributed by atoms with Crippen LogP contribution in [0.25, 0.3) is 0 Å². The van der Waals surface area contributed by atoms with Crippen LogP contribution in [0.2, 0.25) is 0 Å². The summed E-state index contributed by atoms with van der Waals surface area (Å²) in [4.78, 5) is 47.7. The van der Waals surface area contributed by atoms with Gasteiger partial charge < -0.3 is 14.2 Å². The number of carbonyl (C=O) groups is 4. The Morgan fingerprint density at radius 3 is 2.14 bits per heavy atom. The zero-order chi connectivity index (χ0) is 15.8. The summed E-state index contributed by atoms with van der Waals surface area (Å²) < 4.78 is 14.0. The number of allylic oxidation sites excluding steroid dienone is 2. The van der Waals surface area contributed by atoms with Crippen molar-refractivity contribution in [2.45, 2.75) is 12.8 Å². The first-order valence-corrected chi connectivity index (χ1v) is 6.40. The number of esters is 3. The highest BCUT2D eigenvalue weighted by Crippen LogP contribution is 2.52. The van der Waals surface area contributed by atoms with Gasteiger partial charge in [0.15, 0.2) is 11.2 Å². The third kappa shape index (κ3) is 2.12. The number of carbonyl (C=O) groups excluding carboxylic acids is 4. The van der Waals surface area contributed by atoms with E-state index in [1.54, 1.807) is 0 Å². The number of hydrogen-bond acceptors (Lipinski definition) is 7. The molecule has 7 heteroatoms. The molecule has 0 N–H and O–H groups in total. The molecule has 0 aromatic rings. The van der Waals surface area contributed by atoms with Crippen LogP contribution in [0.15, 0.2) is 11.6 Å². The molecule has 0 radical (unpaired) electrons. The molecule has 114 valence electrons. The fourth-order valence-electron chi connectivity index (χ4n) is 3.21. The van der Waals surface area contributed by atoms with E-state index in [1.807, 2.05) is 0 Å². The second-order valence-electron chi connectivity index (χ2n) is 5.18. The molecule has 1 saturated carbocycles. The number of rotatable bonds is 3. The fraction of sp³-hybridized carbons (Fsp3) is 0.571. The summed E-state index contributed by atoms with van der Waals surface area (Å²) in [6, 6.07) is 0. The lowest BCUT2D eigenvalue weighted by Gasteiger charge is -2.24. The van der Waals surface area contributed by atoms with Crippen molar-refractivity contribution in [3.05, 3.63) is 11.6 Å². The van der Waals surface area contributed by atoms with Crippen LogP contribution in [-0.4, -0.2) is 45.0 Å². The van der Waals surface area contributed by atoms with Crippen LogP contribution >= 0.6 is 0 Å². The molecule has 7 nitrogen and oxygen atoms in total. The van der Waals surface area contributed by atoms with Gasteiger partial charge in [-0.05, 0) is 18.9 Å². The van der Waals surface area contributed by atoms with Crippen LogP contribution in [0.1, 0.15) is 12.8 Å². The van der Waals surface area contributed by atoms with E-state index < -0.39 is 35.2 Å². The van der Waals surface area contributed by atoms with Gasteiger partial charge in [0, 0.05) is 5.92 Å². The SMILES string of the molecule is COC(=O)[C@@H]1C(=O)C=C2CC(C(=O)OC)(C(=O)OC)C[C@H]21. The monoisotopic (exact) mass is 296 g/mol. The molecule has 21 heavy (non-hydrogen) atoms. The van der Waals surface area contributed by atoms with Gasteiger partial charge in [-0.1, -0.05) is 5.57 Å². The Bertz CT molecular complexity index is 530. The third-order valence-electron chi connectivity index (χ3n) is 4.19. The van der Waals surface area contributed by atoms with Gasteiger partial charge in [-0.3, -0.25) is 19.2 Å². The van der Waals surface area contributed by atoms with Crippen LogP contribution in [0.4, 0.5) is 0 Å². The van der Waals surface area contributed by atoms with E-state index in [1.165, 1.54) is 27.4 Å². The number of ketones is 1. The molecule has 0 aliphatic heterocycles. The van der Waals surface area contributed by atoms with Gasteiger partial charge in [0.05, 0.1) is 21.3 Å². The molecule has 0 saturated heterocycles. The van der Waals surface area contributed by atoms with Gasteiger partial charge in [0.25, 0.3) is 0 Å². The van der Waals surface area contributed by atoms with E-state index in [4.69, 9.17) is 9.47 Å². The lowest BCUT2D eigenvalue weighted by atomic mass is 9.82. The molecule has 2 aliphatic rings. The van der Waals surface area contributed by atoms with Crippen LogP contribution in [0.3, 0.4) is 0 Å². The van der Waals surface area contributed by atoms with Crippen LogP contribution in [0, 0.1) is 17.3 Å². The summed E-state index contributed by atoms with van der Waals surface area (Å²) in [5.41, 5.74) is -0.904. The molecule has 2 atom stereocenters. The quantitative estimate of drug-likeness (QED) is 0.412. The summed E-state index contributed by atoms with van der Waals surface area (Å²) in [5.74, 6) is -3.99. The van der Waals surface area contributed by atoms with Gasteiger partial charge in [-0.15, -0.1) is 0 Å². The molecular weight excluding hydrogens is 280 g/mol. The third-order valence-corrected chi connectivity index (χ3v) is 4.19. The molecule has 2 aliphatic carbocycles. The number of methoxy groups -OCH3 is 3. The van der Waals surface area contributed by atoms with Crippen molar-refractivity contribution < 1.29 is 33.4 Å². The van der Waals surface area contributed by atoms with Crippen molar-refractivity contribution in [2.24, 2.45) is 17.3 Å². The van der Waals surface area contributed by atoms with E-state index in [0.29, 0.717) is 5.57 Å². The van der Waals surface area contributed by atoms with Gasteiger partial charge in [-0.2, -0.15) is 0 Å². The smallest absolute Gasteiger partial charge is 0.323 e. The highest BCUT2D eigenvalue weighted by molar-refractivity contribution is 6.10. The molecule has 2 rings (SSSR count). The minimum Gasteiger partial charge on any atom is -0.468 e. The second-order valence-corrected chi connectivity index (χ2v) is 5.18. The maximum absolute atomic E-state index is 12.0. The summed E-state index contributed by atoms with van der Waals surface area (Å²) in [5, 5.41) is 0.